The Morgan fingerprint density at radius 3 is 2.85 bits per heavy atom. The van der Waals surface area contributed by atoms with E-state index in [4.69, 9.17) is 4.74 Å². The van der Waals surface area contributed by atoms with Gasteiger partial charge >= 0.3 is 0 Å². The van der Waals surface area contributed by atoms with E-state index in [2.05, 4.69) is 30.2 Å². The highest BCUT2D eigenvalue weighted by atomic mass is 16.5. The van der Waals surface area contributed by atoms with Crippen molar-refractivity contribution in [1.82, 2.24) is 10.3 Å². The lowest BCUT2D eigenvalue weighted by Gasteiger charge is -2.28. The average Bonchev–Trinajstić information content (AvgIpc) is 2.52. The maximum absolute atomic E-state index is 5.48. The molecule has 1 aliphatic heterocycles. The van der Waals surface area contributed by atoms with Crippen LogP contribution in [0, 0.1) is 5.92 Å². The third-order valence-corrected chi connectivity index (χ3v) is 4.25. The normalized spacial score (nSPS) is 18.1. The Morgan fingerprint density at radius 2 is 2.15 bits per heavy atom. The number of aryl methyl sites for hydroxylation is 1. The van der Waals surface area contributed by atoms with Gasteiger partial charge in [0.1, 0.15) is 0 Å². The molecule has 1 unspecified atom stereocenters. The molecular formula is C17H28N2O. The van der Waals surface area contributed by atoms with Crippen molar-refractivity contribution in [3.05, 3.63) is 29.6 Å². The van der Waals surface area contributed by atoms with E-state index in [-0.39, 0.29) is 0 Å². The minimum atomic E-state index is 0.469. The first-order valence-electron chi connectivity index (χ1n) is 8.09. The van der Waals surface area contributed by atoms with E-state index in [1.54, 1.807) is 0 Å². The number of ether oxygens (including phenoxy) is 1. The van der Waals surface area contributed by atoms with Gasteiger partial charge in [-0.2, -0.15) is 0 Å². The number of nitrogens with one attached hydrogen (secondary N) is 1. The van der Waals surface area contributed by atoms with Gasteiger partial charge in [0, 0.05) is 31.6 Å². The molecule has 0 aromatic carbocycles. The van der Waals surface area contributed by atoms with E-state index >= 15 is 0 Å². The molecule has 3 nitrogen and oxygen atoms in total. The van der Waals surface area contributed by atoms with E-state index in [0.29, 0.717) is 6.04 Å². The summed E-state index contributed by atoms with van der Waals surface area (Å²) in [4.78, 5) is 4.28. The van der Waals surface area contributed by atoms with Gasteiger partial charge in [-0.25, -0.2) is 0 Å². The molecule has 2 heterocycles. The Labute approximate surface area is 123 Å². The molecule has 2 rings (SSSR count). The van der Waals surface area contributed by atoms with Crippen LogP contribution < -0.4 is 5.32 Å². The van der Waals surface area contributed by atoms with Gasteiger partial charge in [-0.15, -0.1) is 0 Å². The Morgan fingerprint density at radius 1 is 1.35 bits per heavy atom. The van der Waals surface area contributed by atoms with E-state index in [1.807, 2.05) is 12.4 Å². The predicted molar refractivity (Wildman–Crippen MR) is 82.8 cm³/mol. The molecule has 1 fully saturated rings. The Kier molecular flexibility index (Phi) is 6.48. The molecule has 1 atom stereocenters. The topological polar surface area (TPSA) is 34.1 Å². The molecule has 0 radical (unpaired) electrons. The zero-order valence-electron chi connectivity index (χ0n) is 12.9. The Hall–Kier alpha value is -0.930. The van der Waals surface area contributed by atoms with E-state index < -0.39 is 0 Å². The fourth-order valence-corrected chi connectivity index (χ4v) is 3.03. The molecule has 1 aromatic heterocycles. The zero-order chi connectivity index (χ0) is 14.2. The molecular weight excluding hydrogens is 248 g/mol. The number of hydrogen-bond donors (Lipinski definition) is 1. The number of aromatic nitrogens is 1. The van der Waals surface area contributed by atoms with Crippen LogP contribution in [0.3, 0.4) is 0 Å². The Bertz CT molecular complexity index is 388. The first kappa shape index (κ1) is 15.5. The highest BCUT2D eigenvalue weighted by Crippen LogP contribution is 2.29. The molecule has 1 aliphatic rings. The highest BCUT2D eigenvalue weighted by molar-refractivity contribution is 5.26. The van der Waals surface area contributed by atoms with E-state index in [9.17, 15) is 0 Å². The summed E-state index contributed by atoms with van der Waals surface area (Å²) in [5.41, 5.74) is 2.83. The molecule has 0 saturated carbocycles. The van der Waals surface area contributed by atoms with Crippen molar-refractivity contribution in [3.8, 4) is 0 Å². The van der Waals surface area contributed by atoms with Crippen LogP contribution in [0.4, 0.5) is 0 Å². The fourth-order valence-electron chi connectivity index (χ4n) is 3.03. The third kappa shape index (κ3) is 4.29. The lowest BCUT2D eigenvalue weighted by atomic mass is 9.88. The van der Waals surface area contributed by atoms with Crippen molar-refractivity contribution < 1.29 is 4.74 Å². The number of nitrogens with zero attached hydrogens (tertiary/aromatic N) is 1. The molecule has 20 heavy (non-hydrogen) atoms. The minimum Gasteiger partial charge on any atom is -0.381 e. The summed E-state index contributed by atoms with van der Waals surface area (Å²) in [6.07, 6.45) is 9.82. The maximum Gasteiger partial charge on any atom is 0.0468 e. The fraction of sp³-hybridized carbons (Fsp3) is 0.706. The second kappa shape index (κ2) is 8.38. The second-order valence-electron chi connectivity index (χ2n) is 5.73. The van der Waals surface area contributed by atoms with Crippen LogP contribution in [0.2, 0.25) is 0 Å². The van der Waals surface area contributed by atoms with Gasteiger partial charge in [0.05, 0.1) is 0 Å². The molecule has 0 spiro atoms. The van der Waals surface area contributed by atoms with E-state index in [0.717, 1.165) is 32.1 Å². The van der Waals surface area contributed by atoms with Crippen molar-refractivity contribution in [3.63, 3.8) is 0 Å². The molecule has 0 aliphatic carbocycles. The summed E-state index contributed by atoms with van der Waals surface area (Å²) in [6, 6.07) is 2.67. The number of pyridine rings is 1. The van der Waals surface area contributed by atoms with Crippen LogP contribution in [0.25, 0.3) is 0 Å². The van der Waals surface area contributed by atoms with Gasteiger partial charge in [0.2, 0.25) is 0 Å². The smallest absolute Gasteiger partial charge is 0.0468 e. The lowest BCUT2D eigenvalue weighted by Crippen LogP contribution is -2.27. The second-order valence-corrected chi connectivity index (χ2v) is 5.73. The van der Waals surface area contributed by atoms with Gasteiger partial charge in [-0.1, -0.05) is 13.8 Å². The van der Waals surface area contributed by atoms with Crippen molar-refractivity contribution in [2.24, 2.45) is 5.92 Å². The van der Waals surface area contributed by atoms with E-state index in [1.165, 1.54) is 36.8 Å². The van der Waals surface area contributed by atoms with Crippen molar-refractivity contribution >= 4 is 0 Å². The maximum atomic E-state index is 5.48. The molecule has 1 N–H and O–H groups in total. The monoisotopic (exact) mass is 276 g/mol. The van der Waals surface area contributed by atoms with Crippen LogP contribution in [0.5, 0.6) is 0 Å². The van der Waals surface area contributed by atoms with Crippen LogP contribution in [-0.2, 0) is 11.2 Å². The van der Waals surface area contributed by atoms with Gasteiger partial charge in [-0.3, -0.25) is 4.98 Å². The average molecular weight is 276 g/mol. The Balaban J connectivity index is 2.08. The van der Waals surface area contributed by atoms with Gasteiger partial charge < -0.3 is 10.1 Å². The standard InChI is InChI=1S/C17H28N2O/c1-3-8-19-17(12-14-6-10-20-11-7-14)16-5-9-18-13-15(16)4-2/h5,9,13-14,17,19H,3-4,6-8,10-12H2,1-2H3. The molecule has 0 bridgehead atoms. The third-order valence-electron chi connectivity index (χ3n) is 4.25. The first-order chi connectivity index (χ1) is 9.85. The highest BCUT2D eigenvalue weighted by Gasteiger charge is 2.21. The van der Waals surface area contributed by atoms with Crippen LogP contribution in [0.15, 0.2) is 18.5 Å². The summed E-state index contributed by atoms with van der Waals surface area (Å²) in [5, 5.41) is 3.74. The van der Waals surface area contributed by atoms with Crippen LogP contribution in [-0.4, -0.2) is 24.7 Å². The van der Waals surface area contributed by atoms with Crippen molar-refractivity contribution in [2.75, 3.05) is 19.8 Å². The van der Waals surface area contributed by atoms with Gasteiger partial charge in [0.15, 0.2) is 0 Å². The molecule has 3 heteroatoms. The first-order valence-corrected chi connectivity index (χ1v) is 8.09. The molecule has 1 aromatic rings. The van der Waals surface area contributed by atoms with Crippen LogP contribution in [0.1, 0.15) is 56.7 Å². The molecule has 112 valence electrons. The summed E-state index contributed by atoms with van der Waals surface area (Å²) in [6.45, 7) is 7.39. The summed E-state index contributed by atoms with van der Waals surface area (Å²) in [5.74, 6) is 0.788. The van der Waals surface area contributed by atoms with Crippen molar-refractivity contribution in [2.45, 2.75) is 52.0 Å². The number of rotatable bonds is 7. The SMILES string of the molecule is CCCNC(CC1CCOCC1)c1ccncc1CC. The van der Waals surface area contributed by atoms with Crippen LogP contribution >= 0.6 is 0 Å². The van der Waals surface area contributed by atoms with Crippen molar-refractivity contribution in [1.29, 1.82) is 0 Å². The quantitative estimate of drug-likeness (QED) is 0.827. The molecule has 0 amide bonds. The van der Waals surface area contributed by atoms with Gasteiger partial charge in [-0.05, 0) is 61.8 Å². The summed E-state index contributed by atoms with van der Waals surface area (Å²) >= 11 is 0. The van der Waals surface area contributed by atoms with Gasteiger partial charge in [0.25, 0.3) is 0 Å². The minimum absolute atomic E-state index is 0.469. The molecule has 1 saturated heterocycles. The lowest BCUT2D eigenvalue weighted by molar-refractivity contribution is 0.0605. The predicted octanol–water partition coefficient (Wildman–Crippen LogP) is 3.50. The summed E-state index contributed by atoms with van der Waals surface area (Å²) < 4.78 is 5.48. The number of hydrogen-bond acceptors (Lipinski definition) is 3. The summed E-state index contributed by atoms with van der Waals surface area (Å²) in [7, 11) is 0. The largest absolute Gasteiger partial charge is 0.381 e. The zero-order valence-corrected chi connectivity index (χ0v) is 12.9.